The summed E-state index contributed by atoms with van der Waals surface area (Å²) in [6, 6.07) is -0.152. The van der Waals surface area contributed by atoms with Crippen LogP contribution in [0.5, 0.6) is 0 Å². The van der Waals surface area contributed by atoms with Crippen LogP contribution in [0.4, 0.5) is 4.39 Å². The van der Waals surface area contributed by atoms with Gasteiger partial charge in [-0.25, -0.2) is 4.39 Å². The SMILES string of the molecule is COC1CCN(C(=O)C2CNCN2C)C[C@H]1F. The number of likely N-dealkylation sites (tertiary alicyclic amines) is 1. The molecule has 17 heavy (non-hydrogen) atoms. The summed E-state index contributed by atoms with van der Waals surface area (Å²) < 4.78 is 18.7. The molecule has 2 unspecified atom stereocenters. The third kappa shape index (κ3) is 2.59. The number of hydrogen-bond acceptors (Lipinski definition) is 4. The molecule has 0 radical (unpaired) electrons. The molecule has 0 aromatic carbocycles. The number of ether oxygens (including phenoxy) is 1. The van der Waals surface area contributed by atoms with Gasteiger partial charge in [0.25, 0.3) is 0 Å². The van der Waals surface area contributed by atoms with Crippen molar-refractivity contribution in [2.75, 3.05) is 40.5 Å². The summed E-state index contributed by atoms with van der Waals surface area (Å²) in [5, 5.41) is 3.13. The summed E-state index contributed by atoms with van der Waals surface area (Å²) in [7, 11) is 3.42. The van der Waals surface area contributed by atoms with Crippen LogP contribution in [0.25, 0.3) is 0 Å². The smallest absolute Gasteiger partial charge is 0.241 e. The molecule has 1 N–H and O–H groups in total. The first-order valence-corrected chi connectivity index (χ1v) is 6.00. The Hall–Kier alpha value is -0.720. The van der Waals surface area contributed by atoms with E-state index in [1.54, 1.807) is 4.90 Å². The topological polar surface area (TPSA) is 44.8 Å². The lowest BCUT2D eigenvalue weighted by Gasteiger charge is -2.36. The van der Waals surface area contributed by atoms with Gasteiger partial charge in [0.2, 0.25) is 5.91 Å². The van der Waals surface area contributed by atoms with Gasteiger partial charge in [0, 0.05) is 26.9 Å². The van der Waals surface area contributed by atoms with Crippen molar-refractivity contribution in [2.24, 2.45) is 0 Å². The highest BCUT2D eigenvalue weighted by molar-refractivity contribution is 5.82. The van der Waals surface area contributed by atoms with E-state index in [1.807, 2.05) is 11.9 Å². The first-order chi connectivity index (χ1) is 8.13. The van der Waals surface area contributed by atoms with Crippen LogP contribution in [0.15, 0.2) is 0 Å². The number of nitrogens with zero attached hydrogens (tertiary/aromatic N) is 2. The van der Waals surface area contributed by atoms with E-state index in [0.717, 1.165) is 0 Å². The zero-order valence-corrected chi connectivity index (χ0v) is 10.4. The molecule has 2 fully saturated rings. The minimum Gasteiger partial charge on any atom is -0.378 e. The maximum atomic E-state index is 13.7. The number of alkyl halides is 1. The highest BCUT2D eigenvalue weighted by Gasteiger charge is 2.36. The van der Waals surface area contributed by atoms with Gasteiger partial charge in [-0.15, -0.1) is 0 Å². The number of halogens is 1. The monoisotopic (exact) mass is 245 g/mol. The van der Waals surface area contributed by atoms with E-state index < -0.39 is 6.17 Å². The molecular formula is C11H20FN3O2. The number of carbonyl (C=O) groups excluding carboxylic acids is 1. The Morgan fingerprint density at radius 2 is 2.29 bits per heavy atom. The molecule has 98 valence electrons. The Balaban J connectivity index is 1.93. The van der Waals surface area contributed by atoms with Crippen molar-refractivity contribution in [3.05, 3.63) is 0 Å². The van der Waals surface area contributed by atoms with Crippen LogP contribution in [0.1, 0.15) is 6.42 Å². The van der Waals surface area contributed by atoms with Crippen LogP contribution in [0, 0.1) is 0 Å². The van der Waals surface area contributed by atoms with Crippen LogP contribution in [0.2, 0.25) is 0 Å². The molecule has 2 saturated heterocycles. The molecule has 6 heteroatoms. The quantitative estimate of drug-likeness (QED) is 0.708. The first kappa shape index (κ1) is 12.7. The van der Waals surface area contributed by atoms with E-state index in [9.17, 15) is 9.18 Å². The highest BCUT2D eigenvalue weighted by Crippen LogP contribution is 2.18. The molecule has 0 saturated carbocycles. The second kappa shape index (κ2) is 5.29. The maximum Gasteiger partial charge on any atom is 0.241 e. The molecule has 0 aliphatic carbocycles. The second-order valence-electron chi connectivity index (χ2n) is 4.75. The minimum atomic E-state index is -1.07. The van der Waals surface area contributed by atoms with E-state index in [2.05, 4.69) is 5.32 Å². The predicted octanol–water partition coefficient (Wildman–Crippen LogP) is -0.567. The van der Waals surface area contributed by atoms with Gasteiger partial charge >= 0.3 is 0 Å². The number of carbonyl (C=O) groups is 1. The Morgan fingerprint density at radius 1 is 1.53 bits per heavy atom. The zero-order valence-electron chi connectivity index (χ0n) is 10.4. The van der Waals surface area contributed by atoms with Crippen LogP contribution in [-0.2, 0) is 9.53 Å². The van der Waals surface area contributed by atoms with Crippen LogP contribution in [-0.4, -0.2) is 74.5 Å². The molecule has 2 heterocycles. The van der Waals surface area contributed by atoms with E-state index in [0.29, 0.717) is 26.2 Å². The number of methoxy groups -OCH3 is 1. The van der Waals surface area contributed by atoms with Crippen molar-refractivity contribution in [3.8, 4) is 0 Å². The molecule has 0 spiro atoms. The largest absolute Gasteiger partial charge is 0.378 e. The normalized spacial score (nSPS) is 35.2. The maximum absolute atomic E-state index is 13.7. The Bertz CT molecular complexity index is 290. The number of rotatable bonds is 2. The van der Waals surface area contributed by atoms with Gasteiger partial charge in [0.05, 0.1) is 12.6 Å². The lowest BCUT2D eigenvalue weighted by atomic mass is 10.0. The highest BCUT2D eigenvalue weighted by atomic mass is 19.1. The molecule has 2 rings (SSSR count). The third-order valence-electron chi connectivity index (χ3n) is 3.61. The van der Waals surface area contributed by atoms with Crippen LogP contribution >= 0.6 is 0 Å². The molecule has 2 aliphatic rings. The molecule has 0 aromatic heterocycles. The predicted molar refractivity (Wildman–Crippen MR) is 61.3 cm³/mol. The Labute approximate surface area is 101 Å². The van der Waals surface area contributed by atoms with Gasteiger partial charge in [-0.1, -0.05) is 0 Å². The number of likely N-dealkylation sites (N-methyl/N-ethyl adjacent to an activating group) is 1. The number of piperidine rings is 1. The van der Waals surface area contributed by atoms with Crippen molar-refractivity contribution >= 4 is 5.91 Å². The summed E-state index contributed by atoms with van der Waals surface area (Å²) in [6.45, 7) is 2.10. The van der Waals surface area contributed by atoms with Gasteiger partial charge in [-0.3, -0.25) is 9.69 Å². The molecule has 5 nitrogen and oxygen atoms in total. The Morgan fingerprint density at radius 3 is 2.82 bits per heavy atom. The summed E-state index contributed by atoms with van der Waals surface area (Å²) in [5.41, 5.74) is 0. The molecule has 1 amide bonds. The molecule has 0 aromatic rings. The number of hydrogen-bond donors (Lipinski definition) is 1. The van der Waals surface area contributed by atoms with Gasteiger partial charge in [0.1, 0.15) is 12.2 Å². The lowest BCUT2D eigenvalue weighted by Crippen LogP contribution is -2.53. The average molecular weight is 245 g/mol. The van der Waals surface area contributed by atoms with Crippen LogP contribution in [0.3, 0.4) is 0 Å². The molecule has 2 aliphatic heterocycles. The summed E-state index contributed by atoms with van der Waals surface area (Å²) in [6.07, 6.45) is -0.858. The summed E-state index contributed by atoms with van der Waals surface area (Å²) in [4.78, 5) is 15.8. The summed E-state index contributed by atoms with van der Waals surface area (Å²) >= 11 is 0. The summed E-state index contributed by atoms with van der Waals surface area (Å²) in [5.74, 6) is 0.0229. The molecular weight excluding hydrogens is 225 g/mol. The fraction of sp³-hybridized carbons (Fsp3) is 0.909. The molecule has 3 atom stereocenters. The van der Waals surface area contributed by atoms with Gasteiger partial charge in [-0.2, -0.15) is 0 Å². The number of nitrogens with one attached hydrogen (secondary N) is 1. The van der Waals surface area contributed by atoms with Crippen molar-refractivity contribution in [2.45, 2.75) is 24.7 Å². The van der Waals surface area contributed by atoms with E-state index in [4.69, 9.17) is 4.74 Å². The fourth-order valence-electron chi connectivity index (χ4n) is 2.48. The van der Waals surface area contributed by atoms with Crippen molar-refractivity contribution in [1.29, 1.82) is 0 Å². The zero-order chi connectivity index (χ0) is 12.4. The van der Waals surface area contributed by atoms with Gasteiger partial charge < -0.3 is 15.0 Å². The Kier molecular flexibility index (Phi) is 3.96. The van der Waals surface area contributed by atoms with E-state index in [1.165, 1.54) is 7.11 Å². The second-order valence-corrected chi connectivity index (χ2v) is 4.75. The van der Waals surface area contributed by atoms with E-state index >= 15 is 0 Å². The third-order valence-corrected chi connectivity index (χ3v) is 3.61. The first-order valence-electron chi connectivity index (χ1n) is 6.00. The minimum absolute atomic E-state index is 0.0229. The van der Waals surface area contributed by atoms with Crippen molar-refractivity contribution < 1.29 is 13.9 Å². The van der Waals surface area contributed by atoms with E-state index in [-0.39, 0.29) is 24.6 Å². The van der Waals surface area contributed by atoms with Crippen LogP contribution < -0.4 is 5.32 Å². The number of amides is 1. The van der Waals surface area contributed by atoms with Crippen molar-refractivity contribution in [3.63, 3.8) is 0 Å². The lowest BCUT2D eigenvalue weighted by molar-refractivity contribution is -0.140. The van der Waals surface area contributed by atoms with Gasteiger partial charge in [-0.05, 0) is 13.5 Å². The average Bonchev–Trinajstić information content (AvgIpc) is 2.74. The standard InChI is InChI=1S/C11H20FN3O2/c1-14-7-13-5-9(14)11(16)15-4-3-10(17-2)8(12)6-15/h8-10,13H,3-7H2,1-2H3/t8-,9?,10?/m1/s1. The fourth-order valence-corrected chi connectivity index (χ4v) is 2.48. The van der Waals surface area contributed by atoms with Gasteiger partial charge in [0.15, 0.2) is 0 Å². The molecule has 0 bridgehead atoms. The van der Waals surface area contributed by atoms with Crippen molar-refractivity contribution in [1.82, 2.24) is 15.1 Å².